The molecule has 2 N–H and O–H groups in total. The highest BCUT2D eigenvalue weighted by Crippen LogP contribution is 2.34. The van der Waals surface area contributed by atoms with Gasteiger partial charge in [0.05, 0.1) is 10.8 Å². The van der Waals surface area contributed by atoms with E-state index >= 15 is 0 Å². The molecular weight excluding hydrogens is 453 g/mol. The molecule has 2 aliphatic heterocycles. The molecule has 2 atom stereocenters. The number of hydrogen-bond acceptors (Lipinski definition) is 6. The van der Waals surface area contributed by atoms with Crippen LogP contribution >= 0.6 is 0 Å². The van der Waals surface area contributed by atoms with Crippen molar-refractivity contribution in [3.63, 3.8) is 0 Å². The zero-order chi connectivity index (χ0) is 23.6. The van der Waals surface area contributed by atoms with Gasteiger partial charge in [-0.1, -0.05) is 0 Å². The first-order valence-corrected chi connectivity index (χ1v) is 11.9. The summed E-state index contributed by atoms with van der Waals surface area (Å²) < 4.78 is 50.6. The van der Waals surface area contributed by atoms with Gasteiger partial charge in [0, 0.05) is 24.8 Å². The van der Waals surface area contributed by atoms with Gasteiger partial charge in [0.15, 0.2) is 11.5 Å². The third-order valence-electron chi connectivity index (χ3n) is 5.60. The van der Waals surface area contributed by atoms with Gasteiger partial charge in [-0.2, -0.15) is 4.31 Å². The van der Waals surface area contributed by atoms with E-state index in [2.05, 4.69) is 10.6 Å². The monoisotopic (exact) mass is 477 g/mol. The molecule has 2 aromatic rings. The minimum atomic E-state index is -3.85. The first kappa shape index (κ1) is 23.0. The Morgan fingerprint density at radius 3 is 2.61 bits per heavy atom. The summed E-state index contributed by atoms with van der Waals surface area (Å²) in [6, 6.07) is 8.72. The van der Waals surface area contributed by atoms with Crippen LogP contribution in [0.25, 0.3) is 0 Å². The zero-order valence-electron chi connectivity index (χ0n) is 17.9. The lowest BCUT2D eigenvalue weighted by atomic mass is 9.98. The van der Waals surface area contributed by atoms with Gasteiger partial charge in [-0.25, -0.2) is 12.8 Å². The number of amides is 2. The number of ether oxygens (including phenoxy) is 2. The molecule has 33 heavy (non-hydrogen) atoms. The predicted molar refractivity (Wildman–Crippen MR) is 117 cm³/mol. The zero-order valence-corrected chi connectivity index (χ0v) is 18.7. The van der Waals surface area contributed by atoms with Crippen molar-refractivity contribution in [2.24, 2.45) is 5.92 Å². The smallest absolute Gasteiger partial charge is 0.246 e. The van der Waals surface area contributed by atoms with E-state index in [0.717, 1.165) is 12.1 Å². The number of benzene rings is 2. The first-order chi connectivity index (χ1) is 15.7. The number of nitrogens with zero attached hydrogens (tertiary/aromatic N) is 1. The van der Waals surface area contributed by atoms with Crippen LogP contribution in [0.2, 0.25) is 0 Å². The average Bonchev–Trinajstić information content (AvgIpc) is 3.27. The number of carbonyl (C=O) groups excluding carboxylic acids is 2. The fourth-order valence-electron chi connectivity index (χ4n) is 3.75. The largest absolute Gasteiger partial charge is 0.454 e. The van der Waals surface area contributed by atoms with Crippen molar-refractivity contribution in [1.82, 2.24) is 9.62 Å². The third-order valence-corrected chi connectivity index (χ3v) is 7.48. The van der Waals surface area contributed by atoms with Crippen LogP contribution in [0.5, 0.6) is 11.5 Å². The topological polar surface area (TPSA) is 114 Å². The Hall–Kier alpha value is -3.18. The molecule has 1 fully saturated rings. The lowest BCUT2D eigenvalue weighted by Gasteiger charge is -2.31. The van der Waals surface area contributed by atoms with Crippen LogP contribution in [0, 0.1) is 11.7 Å². The van der Waals surface area contributed by atoms with E-state index in [1.165, 1.54) is 16.4 Å². The molecule has 9 nitrogen and oxygen atoms in total. The summed E-state index contributed by atoms with van der Waals surface area (Å²) in [5.41, 5.74) is 0.500. The van der Waals surface area contributed by atoms with E-state index in [1.54, 1.807) is 25.1 Å². The van der Waals surface area contributed by atoms with E-state index in [-0.39, 0.29) is 24.8 Å². The van der Waals surface area contributed by atoms with Crippen molar-refractivity contribution in [1.29, 1.82) is 0 Å². The maximum absolute atomic E-state index is 13.2. The minimum absolute atomic E-state index is 0.0119. The van der Waals surface area contributed by atoms with E-state index in [1.807, 2.05) is 0 Å². The highest BCUT2D eigenvalue weighted by molar-refractivity contribution is 7.89. The van der Waals surface area contributed by atoms with Crippen LogP contribution in [-0.4, -0.2) is 50.5 Å². The normalized spacial score (nSPS) is 19.0. The number of fused-ring (bicyclic) bond motifs is 1. The number of anilines is 1. The molecule has 0 spiro atoms. The molecule has 0 aromatic heterocycles. The Balaban J connectivity index is 1.35. The average molecular weight is 478 g/mol. The van der Waals surface area contributed by atoms with Crippen molar-refractivity contribution in [3.8, 4) is 11.5 Å². The van der Waals surface area contributed by atoms with Gasteiger partial charge in [-0.05, 0) is 56.2 Å². The molecule has 2 aromatic carbocycles. The van der Waals surface area contributed by atoms with E-state index < -0.39 is 39.6 Å². The van der Waals surface area contributed by atoms with Crippen LogP contribution < -0.4 is 20.1 Å². The van der Waals surface area contributed by atoms with Crippen molar-refractivity contribution in [3.05, 3.63) is 48.3 Å². The van der Waals surface area contributed by atoms with Crippen molar-refractivity contribution < 1.29 is 31.9 Å². The molecule has 0 aliphatic carbocycles. The van der Waals surface area contributed by atoms with Crippen LogP contribution in [0.3, 0.4) is 0 Å². The van der Waals surface area contributed by atoms with Gasteiger partial charge in [0.2, 0.25) is 28.6 Å². The maximum atomic E-state index is 13.2. The highest BCUT2D eigenvalue weighted by Gasteiger charge is 2.34. The first-order valence-electron chi connectivity index (χ1n) is 10.5. The number of rotatable bonds is 6. The summed E-state index contributed by atoms with van der Waals surface area (Å²) in [5.74, 6) is -0.843. The van der Waals surface area contributed by atoms with Crippen LogP contribution in [0.1, 0.15) is 19.8 Å². The Morgan fingerprint density at radius 2 is 1.85 bits per heavy atom. The van der Waals surface area contributed by atoms with Crippen molar-refractivity contribution in [2.45, 2.75) is 30.7 Å². The van der Waals surface area contributed by atoms with E-state index in [4.69, 9.17) is 9.47 Å². The van der Waals surface area contributed by atoms with Crippen molar-refractivity contribution in [2.75, 3.05) is 25.2 Å². The van der Waals surface area contributed by atoms with Gasteiger partial charge in [0.1, 0.15) is 11.9 Å². The molecule has 176 valence electrons. The molecule has 11 heteroatoms. The lowest BCUT2D eigenvalue weighted by Crippen LogP contribution is -2.49. The molecule has 1 saturated heterocycles. The number of hydrogen-bond donors (Lipinski definition) is 2. The second kappa shape index (κ2) is 9.36. The summed E-state index contributed by atoms with van der Waals surface area (Å²) in [6.07, 6.45) is 0.994. The van der Waals surface area contributed by atoms with Gasteiger partial charge in [0.25, 0.3) is 0 Å². The molecule has 0 bridgehead atoms. The summed E-state index contributed by atoms with van der Waals surface area (Å²) >= 11 is 0. The maximum Gasteiger partial charge on any atom is 0.246 e. The number of piperidine rings is 1. The summed E-state index contributed by atoms with van der Waals surface area (Å²) in [7, 11) is -3.85. The lowest BCUT2D eigenvalue weighted by molar-refractivity contribution is -0.129. The molecule has 2 heterocycles. The summed E-state index contributed by atoms with van der Waals surface area (Å²) in [5, 5.41) is 5.38. The Kier molecular flexibility index (Phi) is 6.52. The molecule has 0 unspecified atom stereocenters. The fourth-order valence-corrected chi connectivity index (χ4v) is 5.28. The number of carbonyl (C=O) groups is 2. The number of halogens is 1. The van der Waals surface area contributed by atoms with Crippen molar-refractivity contribution >= 4 is 27.5 Å². The Labute approximate surface area is 190 Å². The number of nitrogens with one attached hydrogen (secondary N) is 2. The number of sulfonamides is 1. The standard InChI is InChI=1S/C22H24FN3O6S/c1-14(21(27)25-17-6-9-19-20(11-17)32-13-31-19)24-22(28)15-3-2-10-26(12-15)33(29,30)18-7-4-16(23)5-8-18/h4-9,11,14-15H,2-3,10,12-13H2,1H3,(H,24,28)(H,25,27)/t14-,15+/m0/s1. The molecule has 2 aliphatic rings. The molecule has 4 rings (SSSR count). The fraction of sp³-hybridized carbons (Fsp3) is 0.364. The predicted octanol–water partition coefficient (Wildman–Crippen LogP) is 2.10. The second-order valence-electron chi connectivity index (χ2n) is 7.94. The highest BCUT2D eigenvalue weighted by atomic mass is 32.2. The third kappa shape index (κ3) is 5.09. The van der Waals surface area contributed by atoms with E-state index in [9.17, 15) is 22.4 Å². The molecule has 0 saturated carbocycles. The second-order valence-corrected chi connectivity index (χ2v) is 9.88. The quantitative estimate of drug-likeness (QED) is 0.659. The van der Waals surface area contributed by atoms with Gasteiger partial charge in [-0.3, -0.25) is 9.59 Å². The van der Waals surface area contributed by atoms with Gasteiger partial charge >= 0.3 is 0 Å². The molecule has 2 amide bonds. The van der Waals surface area contributed by atoms with Crippen LogP contribution in [0.4, 0.5) is 10.1 Å². The Bertz CT molecular complexity index is 1160. The SMILES string of the molecule is C[C@H](NC(=O)[C@@H]1CCCN(S(=O)(=O)c2ccc(F)cc2)C1)C(=O)Nc1ccc2c(c1)OCO2. The van der Waals surface area contributed by atoms with Gasteiger partial charge < -0.3 is 20.1 Å². The van der Waals surface area contributed by atoms with E-state index in [0.29, 0.717) is 30.0 Å². The Morgan fingerprint density at radius 1 is 1.12 bits per heavy atom. The molecular formula is C22H24FN3O6S. The van der Waals surface area contributed by atoms with Crippen LogP contribution in [-0.2, 0) is 19.6 Å². The van der Waals surface area contributed by atoms with Crippen LogP contribution in [0.15, 0.2) is 47.4 Å². The summed E-state index contributed by atoms with van der Waals surface area (Å²) in [4.78, 5) is 25.3. The summed E-state index contributed by atoms with van der Waals surface area (Å²) in [6.45, 7) is 1.93. The minimum Gasteiger partial charge on any atom is -0.454 e. The van der Waals surface area contributed by atoms with Gasteiger partial charge in [-0.15, -0.1) is 0 Å². The molecule has 0 radical (unpaired) electrons.